The van der Waals surface area contributed by atoms with Gasteiger partial charge < -0.3 is 10.5 Å². The van der Waals surface area contributed by atoms with Crippen molar-refractivity contribution >= 4 is 16.7 Å². The molecular formula is C7H13N3OS. The fraction of sp³-hybridized carbons (Fsp3) is 0.714. The molecule has 1 aromatic heterocycles. The summed E-state index contributed by atoms with van der Waals surface area (Å²) in [6.45, 7) is 4.67. The Kier molecular flexibility index (Phi) is 3.43. The fourth-order valence-corrected chi connectivity index (χ4v) is 1.43. The first-order chi connectivity index (χ1) is 5.77. The van der Waals surface area contributed by atoms with Crippen LogP contribution >= 0.6 is 11.5 Å². The van der Waals surface area contributed by atoms with Crippen LogP contribution in [-0.2, 0) is 4.74 Å². The van der Waals surface area contributed by atoms with Crippen LogP contribution in [0.5, 0.6) is 0 Å². The predicted molar refractivity (Wildman–Crippen MR) is 49.0 cm³/mol. The van der Waals surface area contributed by atoms with Crippen molar-refractivity contribution in [3.05, 3.63) is 5.82 Å². The fourth-order valence-electron chi connectivity index (χ4n) is 0.954. The molecule has 68 valence electrons. The maximum Gasteiger partial charge on any atom is 0.200 e. The summed E-state index contributed by atoms with van der Waals surface area (Å²) in [5.74, 6) is 0.710. The molecule has 0 radical (unpaired) electrons. The van der Waals surface area contributed by atoms with Crippen LogP contribution in [0, 0.1) is 0 Å². The summed E-state index contributed by atoms with van der Waals surface area (Å²) >= 11 is 1.21. The number of nitrogens with zero attached hydrogens (tertiary/aromatic N) is 2. The Morgan fingerprint density at radius 1 is 1.58 bits per heavy atom. The average molecular weight is 187 g/mol. The van der Waals surface area contributed by atoms with Crippen molar-refractivity contribution in [2.45, 2.75) is 26.4 Å². The Bertz CT molecular complexity index is 238. The second-order valence-electron chi connectivity index (χ2n) is 2.34. The van der Waals surface area contributed by atoms with Gasteiger partial charge in [0.2, 0.25) is 0 Å². The number of hydrogen-bond donors (Lipinski definition) is 1. The van der Waals surface area contributed by atoms with E-state index in [4.69, 9.17) is 10.5 Å². The molecule has 4 nitrogen and oxygen atoms in total. The highest BCUT2D eigenvalue weighted by molar-refractivity contribution is 7.09. The van der Waals surface area contributed by atoms with Crippen molar-refractivity contribution in [2.24, 2.45) is 0 Å². The lowest BCUT2D eigenvalue weighted by Gasteiger charge is -2.09. The molecule has 2 N–H and O–H groups in total. The van der Waals surface area contributed by atoms with Crippen molar-refractivity contribution in [1.82, 2.24) is 9.36 Å². The first kappa shape index (κ1) is 9.41. The van der Waals surface area contributed by atoms with E-state index in [0.29, 0.717) is 17.6 Å². The van der Waals surface area contributed by atoms with Crippen molar-refractivity contribution in [2.75, 3.05) is 12.3 Å². The molecule has 0 fully saturated rings. The van der Waals surface area contributed by atoms with E-state index in [2.05, 4.69) is 9.36 Å². The Labute approximate surface area is 75.9 Å². The monoisotopic (exact) mass is 187 g/mol. The zero-order chi connectivity index (χ0) is 8.97. The summed E-state index contributed by atoms with van der Waals surface area (Å²) < 4.78 is 9.50. The summed E-state index contributed by atoms with van der Waals surface area (Å²) in [6.07, 6.45) is 0.882. The Morgan fingerprint density at radius 2 is 2.33 bits per heavy atom. The summed E-state index contributed by atoms with van der Waals surface area (Å²) in [5.41, 5.74) is 5.46. The molecule has 0 saturated heterocycles. The van der Waals surface area contributed by atoms with Crippen LogP contribution in [0.2, 0.25) is 0 Å². The van der Waals surface area contributed by atoms with Crippen LogP contribution < -0.4 is 5.73 Å². The number of hydrogen-bond acceptors (Lipinski definition) is 5. The minimum Gasteiger partial charge on any atom is -0.374 e. The summed E-state index contributed by atoms with van der Waals surface area (Å²) in [6, 6.07) is 0. The average Bonchev–Trinajstić information content (AvgIpc) is 2.47. The molecule has 0 amide bonds. The Morgan fingerprint density at radius 3 is 2.75 bits per heavy atom. The predicted octanol–water partition coefficient (Wildman–Crippen LogP) is 1.61. The topological polar surface area (TPSA) is 61.0 Å². The largest absolute Gasteiger partial charge is 0.374 e. The molecule has 0 aromatic carbocycles. The van der Waals surface area contributed by atoms with Crippen LogP contribution in [0.25, 0.3) is 0 Å². The lowest BCUT2D eigenvalue weighted by molar-refractivity contribution is 0.0544. The molecular weight excluding hydrogens is 174 g/mol. The van der Waals surface area contributed by atoms with E-state index in [1.165, 1.54) is 11.5 Å². The third kappa shape index (κ3) is 2.15. The molecule has 0 bridgehead atoms. The van der Waals surface area contributed by atoms with Crippen LogP contribution in [0.3, 0.4) is 0 Å². The summed E-state index contributed by atoms with van der Waals surface area (Å²) in [5, 5.41) is 0.503. The van der Waals surface area contributed by atoms with Gasteiger partial charge in [0.1, 0.15) is 6.10 Å². The molecule has 1 aromatic rings. The second-order valence-corrected chi connectivity index (χ2v) is 3.13. The maximum atomic E-state index is 5.46. The molecule has 0 spiro atoms. The van der Waals surface area contributed by atoms with E-state index < -0.39 is 0 Å². The molecule has 0 saturated carbocycles. The maximum absolute atomic E-state index is 5.46. The molecule has 1 rings (SSSR count). The van der Waals surface area contributed by atoms with E-state index in [1.54, 1.807) is 0 Å². The SMILES string of the molecule is CCOC(CC)c1nsc(N)n1. The first-order valence-corrected chi connectivity index (χ1v) is 4.76. The number of nitrogen functional groups attached to an aromatic ring is 1. The lowest BCUT2D eigenvalue weighted by atomic mass is 10.2. The van der Waals surface area contributed by atoms with Crippen LogP contribution in [0.15, 0.2) is 0 Å². The minimum absolute atomic E-state index is 0.00329. The quantitative estimate of drug-likeness (QED) is 0.777. The van der Waals surface area contributed by atoms with E-state index in [0.717, 1.165) is 6.42 Å². The molecule has 1 heterocycles. The highest BCUT2D eigenvalue weighted by atomic mass is 32.1. The zero-order valence-electron chi connectivity index (χ0n) is 7.28. The standard InChI is InChI=1S/C7H13N3OS/c1-3-5(11-4-2)6-9-7(8)12-10-6/h5H,3-4H2,1-2H3,(H2,8,9,10). The van der Waals surface area contributed by atoms with Crippen molar-refractivity contribution in [3.8, 4) is 0 Å². The van der Waals surface area contributed by atoms with Gasteiger partial charge in [-0.1, -0.05) is 6.92 Å². The van der Waals surface area contributed by atoms with Gasteiger partial charge in [-0.05, 0) is 13.3 Å². The minimum atomic E-state index is 0.00329. The second kappa shape index (κ2) is 4.37. The normalized spacial score (nSPS) is 13.2. The molecule has 0 aliphatic heterocycles. The first-order valence-electron chi connectivity index (χ1n) is 3.98. The van der Waals surface area contributed by atoms with Crippen LogP contribution in [-0.4, -0.2) is 16.0 Å². The van der Waals surface area contributed by atoms with Gasteiger partial charge in [-0.2, -0.15) is 4.37 Å². The third-order valence-electron chi connectivity index (χ3n) is 1.48. The van der Waals surface area contributed by atoms with Gasteiger partial charge >= 0.3 is 0 Å². The molecule has 0 aliphatic rings. The lowest BCUT2D eigenvalue weighted by Crippen LogP contribution is -2.04. The third-order valence-corrected chi connectivity index (χ3v) is 2.04. The number of rotatable bonds is 4. The van der Waals surface area contributed by atoms with Gasteiger partial charge in [-0.15, -0.1) is 0 Å². The van der Waals surface area contributed by atoms with Crippen LogP contribution in [0.4, 0.5) is 5.13 Å². The Balaban J connectivity index is 2.66. The van der Waals surface area contributed by atoms with Gasteiger partial charge in [-0.25, -0.2) is 4.98 Å². The summed E-state index contributed by atoms with van der Waals surface area (Å²) in [7, 11) is 0. The van der Waals surface area contributed by atoms with Crippen LogP contribution in [0.1, 0.15) is 32.2 Å². The van der Waals surface area contributed by atoms with Gasteiger partial charge in [0.05, 0.1) is 0 Å². The molecule has 1 atom stereocenters. The van der Waals surface area contributed by atoms with E-state index in [9.17, 15) is 0 Å². The van der Waals surface area contributed by atoms with Gasteiger partial charge in [0.15, 0.2) is 11.0 Å². The van der Waals surface area contributed by atoms with Gasteiger partial charge in [0.25, 0.3) is 0 Å². The van der Waals surface area contributed by atoms with E-state index in [1.807, 2.05) is 13.8 Å². The number of anilines is 1. The van der Waals surface area contributed by atoms with Crippen molar-refractivity contribution < 1.29 is 4.74 Å². The van der Waals surface area contributed by atoms with E-state index in [-0.39, 0.29) is 6.10 Å². The van der Waals surface area contributed by atoms with E-state index >= 15 is 0 Å². The van der Waals surface area contributed by atoms with Gasteiger partial charge in [-0.3, -0.25) is 0 Å². The smallest absolute Gasteiger partial charge is 0.200 e. The van der Waals surface area contributed by atoms with Crippen molar-refractivity contribution in [3.63, 3.8) is 0 Å². The highest BCUT2D eigenvalue weighted by Crippen LogP contribution is 2.20. The van der Waals surface area contributed by atoms with Gasteiger partial charge in [0, 0.05) is 18.1 Å². The highest BCUT2D eigenvalue weighted by Gasteiger charge is 2.13. The zero-order valence-corrected chi connectivity index (χ0v) is 8.10. The number of aromatic nitrogens is 2. The number of ether oxygens (including phenoxy) is 1. The summed E-state index contributed by atoms with van der Waals surface area (Å²) in [4.78, 5) is 4.06. The Hall–Kier alpha value is -0.680. The number of nitrogens with two attached hydrogens (primary N) is 1. The molecule has 12 heavy (non-hydrogen) atoms. The van der Waals surface area contributed by atoms with Crippen molar-refractivity contribution in [1.29, 1.82) is 0 Å². The molecule has 5 heteroatoms. The molecule has 1 unspecified atom stereocenters. The molecule has 0 aliphatic carbocycles.